The van der Waals surface area contributed by atoms with E-state index in [0.717, 1.165) is 19.4 Å². The summed E-state index contributed by atoms with van der Waals surface area (Å²) in [4.78, 5) is 11.9. The van der Waals surface area contributed by atoms with Gasteiger partial charge >= 0.3 is 0 Å². The first-order valence-electron chi connectivity index (χ1n) is 6.19. The lowest BCUT2D eigenvalue weighted by Crippen LogP contribution is -2.50. The van der Waals surface area contributed by atoms with Gasteiger partial charge in [0.15, 0.2) is 0 Å². The van der Waals surface area contributed by atoms with Crippen LogP contribution in [0.1, 0.15) is 33.1 Å². The molecular formula is C12H22N2O2. The molecule has 92 valence electrons. The van der Waals surface area contributed by atoms with E-state index in [4.69, 9.17) is 4.74 Å². The summed E-state index contributed by atoms with van der Waals surface area (Å²) in [5.74, 6) is 0.0508. The van der Waals surface area contributed by atoms with Crippen molar-refractivity contribution < 1.29 is 9.53 Å². The summed E-state index contributed by atoms with van der Waals surface area (Å²) in [6, 6.07) is 0.341. The van der Waals surface area contributed by atoms with Crippen molar-refractivity contribution in [2.75, 3.05) is 19.7 Å². The third-order valence-corrected chi connectivity index (χ3v) is 3.53. The van der Waals surface area contributed by atoms with Crippen LogP contribution in [0.25, 0.3) is 0 Å². The quantitative estimate of drug-likeness (QED) is 0.727. The Morgan fingerprint density at radius 3 is 2.88 bits per heavy atom. The molecule has 1 saturated carbocycles. The fourth-order valence-corrected chi connectivity index (χ4v) is 2.59. The molecule has 16 heavy (non-hydrogen) atoms. The number of morpholine rings is 1. The molecule has 0 aromatic carbocycles. The second-order valence-corrected chi connectivity index (χ2v) is 5.68. The fourth-order valence-electron chi connectivity index (χ4n) is 2.59. The number of rotatable bonds is 2. The van der Waals surface area contributed by atoms with Gasteiger partial charge < -0.3 is 15.4 Å². The molecule has 0 radical (unpaired) electrons. The average Bonchev–Trinajstić information content (AvgIpc) is 2.59. The second kappa shape index (κ2) is 4.72. The van der Waals surface area contributed by atoms with Crippen molar-refractivity contribution in [2.45, 2.75) is 45.3 Å². The van der Waals surface area contributed by atoms with E-state index in [9.17, 15) is 4.79 Å². The number of ether oxygens (including phenoxy) is 1. The van der Waals surface area contributed by atoms with Gasteiger partial charge in [-0.25, -0.2) is 0 Å². The lowest BCUT2D eigenvalue weighted by Gasteiger charge is -2.25. The molecule has 1 aliphatic heterocycles. The van der Waals surface area contributed by atoms with Crippen molar-refractivity contribution in [3.8, 4) is 0 Å². The maximum atomic E-state index is 11.9. The van der Waals surface area contributed by atoms with Gasteiger partial charge in [-0.1, -0.05) is 13.8 Å². The summed E-state index contributed by atoms with van der Waals surface area (Å²) in [7, 11) is 0. The van der Waals surface area contributed by atoms with Crippen molar-refractivity contribution in [2.24, 2.45) is 5.41 Å². The Balaban J connectivity index is 1.79. The summed E-state index contributed by atoms with van der Waals surface area (Å²) in [6.07, 6.45) is 3.08. The fraction of sp³-hybridized carbons (Fsp3) is 0.917. The summed E-state index contributed by atoms with van der Waals surface area (Å²) >= 11 is 0. The lowest BCUT2D eigenvalue weighted by atomic mass is 9.92. The Bertz CT molecular complexity index is 260. The van der Waals surface area contributed by atoms with E-state index in [2.05, 4.69) is 24.5 Å². The van der Waals surface area contributed by atoms with E-state index in [1.807, 2.05) is 0 Å². The number of amides is 1. The predicted molar refractivity (Wildman–Crippen MR) is 62.2 cm³/mol. The molecule has 2 rings (SSSR count). The monoisotopic (exact) mass is 226 g/mol. The van der Waals surface area contributed by atoms with E-state index < -0.39 is 0 Å². The molecule has 0 bridgehead atoms. The van der Waals surface area contributed by atoms with Gasteiger partial charge in [0.2, 0.25) is 0 Å². The van der Waals surface area contributed by atoms with Crippen LogP contribution in [0.2, 0.25) is 0 Å². The number of carbonyl (C=O) groups is 1. The van der Waals surface area contributed by atoms with E-state index in [1.165, 1.54) is 6.42 Å². The highest BCUT2D eigenvalue weighted by molar-refractivity contribution is 5.81. The summed E-state index contributed by atoms with van der Waals surface area (Å²) in [6.45, 7) is 6.64. The summed E-state index contributed by atoms with van der Waals surface area (Å²) < 4.78 is 5.43. The maximum Gasteiger partial charge on any atom is 0.250 e. The molecule has 0 aromatic rings. The third kappa shape index (κ3) is 2.95. The maximum absolute atomic E-state index is 11.9. The normalized spacial score (nSPS) is 33.6. The highest BCUT2D eigenvalue weighted by Crippen LogP contribution is 2.36. The van der Waals surface area contributed by atoms with E-state index in [-0.39, 0.29) is 12.0 Å². The van der Waals surface area contributed by atoms with E-state index >= 15 is 0 Å². The van der Waals surface area contributed by atoms with Crippen LogP contribution < -0.4 is 10.6 Å². The van der Waals surface area contributed by atoms with Crippen LogP contribution in [-0.2, 0) is 9.53 Å². The SMILES string of the molecule is CC1(C)CCC(NC(=O)C2CNCCO2)C1. The zero-order valence-corrected chi connectivity index (χ0v) is 10.2. The molecule has 0 spiro atoms. The first-order chi connectivity index (χ1) is 7.57. The van der Waals surface area contributed by atoms with Gasteiger partial charge in [-0.15, -0.1) is 0 Å². The second-order valence-electron chi connectivity index (χ2n) is 5.68. The zero-order chi connectivity index (χ0) is 11.6. The van der Waals surface area contributed by atoms with Crippen LogP contribution in [0, 0.1) is 5.41 Å². The summed E-state index contributed by atoms with van der Waals surface area (Å²) in [5, 5.41) is 6.27. The minimum Gasteiger partial charge on any atom is -0.366 e. The Labute approximate surface area is 97.1 Å². The highest BCUT2D eigenvalue weighted by Gasteiger charge is 2.33. The van der Waals surface area contributed by atoms with Gasteiger partial charge in [-0.2, -0.15) is 0 Å². The summed E-state index contributed by atoms with van der Waals surface area (Å²) in [5.41, 5.74) is 0.379. The Morgan fingerprint density at radius 1 is 1.50 bits per heavy atom. The number of hydrogen-bond donors (Lipinski definition) is 2. The number of hydrogen-bond acceptors (Lipinski definition) is 3. The van der Waals surface area contributed by atoms with Crippen LogP contribution in [-0.4, -0.2) is 37.7 Å². The van der Waals surface area contributed by atoms with Crippen molar-refractivity contribution in [3.63, 3.8) is 0 Å². The van der Waals surface area contributed by atoms with Crippen molar-refractivity contribution >= 4 is 5.91 Å². The van der Waals surface area contributed by atoms with Crippen molar-refractivity contribution in [1.82, 2.24) is 10.6 Å². The molecule has 2 unspecified atom stereocenters. The van der Waals surface area contributed by atoms with Crippen LogP contribution in [0.4, 0.5) is 0 Å². The topological polar surface area (TPSA) is 50.4 Å². The average molecular weight is 226 g/mol. The van der Waals surface area contributed by atoms with Gasteiger partial charge in [0.1, 0.15) is 6.10 Å². The first kappa shape index (κ1) is 11.9. The standard InChI is InChI=1S/C12H22N2O2/c1-12(2)4-3-9(7-12)14-11(15)10-8-13-5-6-16-10/h9-10,13H,3-8H2,1-2H3,(H,14,15). The zero-order valence-electron chi connectivity index (χ0n) is 10.2. The van der Waals surface area contributed by atoms with E-state index in [0.29, 0.717) is 24.6 Å². The minimum atomic E-state index is -0.294. The van der Waals surface area contributed by atoms with Gasteiger partial charge in [-0.05, 0) is 24.7 Å². The lowest BCUT2D eigenvalue weighted by molar-refractivity contribution is -0.134. The first-order valence-corrected chi connectivity index (χ1v) is 6.19. The predicted octanol–water partition coefficient (Wildman–Crippen LogP) is 0.670. The molecule has 2 fully saturated rings. The Morgan fingerprint density at radius 2 is 2.31 bits per heavy atom. The molecule has 4 nitrogen and oxygen atoms in total. The largest absolute Gasteiger partial charge is 0.366 e. The molecule has 2 N–H and O–H groups in total. The van der Waals surface area contributed by atoms with Gasteiger partial charge in [-0.3, -0.25) is 4.79 Å². The van der Waals surface area contributed by atoms with Crippen LogP contribution in [0.5, 0.6) is 0 Å². The van der Waals surface area contributed by atoms with E-state index in [1.54, 1.807) is 0 Å². The highest BCUT2D eigenvalue weighted by atomic mass is 16.5. The Kier molecular flexibility index (Phi) is 3.50. The third-order valence-electron chi connectivity index (χ3n) is 3.53. The molecule has 1 amide bonds. The van der Waals surface area contributed by atoms with Gasteiger partial charge in [0, 0.05) is 19.1 Å². The molecule has 2 aliphatic rings. The van der Waals surface area contributed by atoms with Crippen LogP contribution in [0.3, 0.4) is 0 Å². The molecule has 0 aromatic heterocycles. The van der Waals surface area contributed by atoms with Gasteiger partial charge in [0.05, 0.1) is 6.61 Å². The molecule has 1 aliphatic carbocycles. The molecule has 2 atom stereocenters. The number of carbonyl (C=O) groups excluding carboxylic acids is 1. The molecule has 4 heteroatoms. The van der Waals surface area contributed by atoms with Gasteiger partial charge in [0.25, 0.3) is 5.91 Å². The smallest absolute Gasteiger partial charge is 0.250 e. The molecule has 1 saturated heterocycles. The Hall–Kier alpha value is -0.610. The van der Waals surface area contributed by atoms with Crippen molar-refractivity contribution in [1.29, 1.82) is 0 Å². The molecule has 1 heterocycles. The van der Waals surface area contributed by atoms with Crippen LogP contribution in [0.15, 0.2) is 0 Å². The van der Waals surface area contributed by atoms with Crippen molar-refractivity contribution in [3.05, 3.63) is 0 Å². The molecular weight excluding hydrogens is 204 g/mol. The van der Waals surface area contributed by atoms with Crippen LogP contribution >= 0.6 is 0 Å². The minimum absolute atomic E-state index is 0.0508. The number of nitrogens with one attached hydrogen (secondary N) is 2.